The molecule has 2 aromatic carbocycles. The molecule has 1 saturated heterocycles. The molecule has 1 aromatic heterocycles. The van der Waals surface area contributed by atoms with Gasteiger partial charge in [0.15, 0.2) is 5.13 Å². The van der Waals surface area contributed by atoms with E-state index in [0.717, 1.165) is 16.9 Å². The standard InChI is InChI=1S/C20H17Cl2FN4O4S2/c21-14-7-13(8-15(23)10-14)9-16-12-32-20(24-16)25-3-5-26(6-4-25)33(30,31)17-1-2-18(22)19(11-17)27(28)29/h1-2,7-8,10-12H,3-6,9H2. The lowest BCUT2D eigenvalue weighted by Crippen LogP contribution is -2.48. The summed E-state index contributed by atoms with van der Waals surface area (Å²) in [7, 11) is -3.91. The molecule has 1 aliphatic heterocycles. The lowest BCUT2D eigenvalue weighted by atomic mass is 10.1. The highest BCUT2D eigenvalue weighted by atomic mass is 35.5. The maximum absolute atomic E-state index is 13.6. The summed E-state index contributed by atoms with van der Waals surface area (Å²) in [5.74, 6) is -0.406. The lowest BCUT2D eigenvalue weighted by Gasteiger charge is -2.33. The van der Waals surface area contributed by atoms with Gasteiger partial charge in [0.2, 0.25) is 10.0 Å². The van der Waals surface area contributed by atoms with E-state index in [4.69, 9.17) is 23.2 Å². The van der Waals surface area contributed by atoms with Crippen molar-refractivity contribution in [3.05, 3.63) is 79.0 Å². The third-order valence-corrected chi connectivity index (χ3v) is 8.49. The van der Waals surface area contributed by atoms with Crippen LogP contribution in [-0.2, 0) is 16.4 Å². The van der Waals surface area contributed by atoms with E-state index in [0.29, 0.717) is 30.1 Å². The summed E-state index contributed by atoms with van der Waals surface area (Å²) in [6.45, 7) is 1.22. The number of aromatic nitrogens is 1. The second-order valence-corrected chi connectivity index (χ2v) is 11.0. The normalized spacial score (nSPS) is 15.1. The number of nitrogens with zero attached hydrogens (tertiary/aromatic N) is 4. The molecule has 0 atom stereocenters. The SMILES string of the molecule is O=[N+]([O-])c1cc(S(=O)(=O)N2CCN(c3nc(Cc4cc(F)cc(Cl)c4)cs3)CC2)ccc1Cl. The highest BCUT2D eigenvalue weighted by molar-refractivity contribution is 7.89. The predicted octanol–water partition coefficient (Wildman–Crippen LogP) is 4.60. The molecule has 4 rings (SSSR count). The Morgan fingerprint density at radius 3 is 2.52 bits per heavy atom. The second kappa shape index (κ2) is 9.51. The van der Waals surface area contributed by atoms with E-state index >= 15 is 0 Å². The summed E-state index contributed by atoms with van der Waals surface area (Å²) < 4.78 is 40.8. The first-order chi connectivity index (χ1) is 15.6. The van der Waals surface area contributed by atoms with Crippen molar-refractivity contribution in [3.63, 3.8) is 0 Å². The van der Waals surface area contributed by atoms with Gasteiger partial charge in [-0.2, -0.15) is 4.31 Å². The van der Waals surface area contributed by atoms with Crippen LogP contribution in [-0.4, -0.2) is 48.8 Å². The Hall–Kier alpha value is -2.31. The van der Waals surface area contributed by atoms with Crippen molar-refractivity contribution in [3.8, 4) is 0 Å². The Labute approximate surface area is 203 Å². The van der Waals surface area contributed by atoms with Crippen molar-refractivity contribution in [1.29, 1.82) is 0 Å². The maximum atomic E-state index is 13.6. The van der Waals surface area contributed by atoms with E-state index in [1.807, 2.05) is 10.3 Å². The molecule has 33 heavy (non-hydrogen) atoms. The molecule has 2 heterocycles. The fourth-order valence-corrected chi connectivity index (χ4v) is 6.26. The zero-order valence-electron chi connectivity index (χ0n) is 16.9. The third-order valence-electron chi connectivity index (χ3n) is 5.11. The number of hydrogen-bond donors (Lipinski definition) is 0. The molecule has 13 heteroatoms. The van der Waals surface area contributed by atoms with E-state index in [-0.39, 0.29) is 23.0 Å². The van der Waals surface area contributed by atoms with E-state index in [9.17, 15) is 22.9 Å². The van der Waals surface area contributed by atoms with Gasteiger partial charge in [-0.05, 0) is 35.9 Å². The topological polar surface area (TPSA) is 96.6 Å². The molecule has 0 unspecified atom stereocenters. The zero-order chi connectivity index (χ0) is 23.8. The average molecular weight is 531 g/mol. The largest absolute Gasteiger partial charge is 0.345 e. The van der Waals surface area contributed by atoms with Gasteiger partial charge in [0.25, 0.3) is 5.69 Å². The number of nitro groups is 1. The predicted molar refractivity (Wildman–Crippen MR) is 125 cm³/mol. The number of halogens is 3. The Kier molecular flexibility index (Phi) is 6.87. The molecule has 0 saturated carbocycles. The molecule has 0 bridgehead atoms. The number of nitro benzene ring substituents is 1. The monoisotopic (exact) mass is 530 g/mol. The Morgan fingerprint density at radius 1 is 1.12 bits per heavy atom. The number of sulfonamides is 1. The molecular weight excluding hydrogens is 514 g/mol. The molecule has 0 radical (unpaired) electrons. The van der Waals surface area contributed by atoms with E-state index in [1.165, 1.54) is 39.9 Å². The van der Waals surface area contributed by atoms with Crippen LogP contribution in [0.5, 0.6) is 0 Å². The van der Waals surface area contributed by atoms with E-state index < -0.39 is 26.5 Å². The quantitative estimate of drug-likeness (QED) is 0.341. The number of thiazole rings is 1. The van der Waals surface area contributed by atoms with Gasteiger partial charge in [-0.3, -0.25) is 10.1 Å². The minimum atomic E-state index is -3.91. The molecule has 1 aliphatic rings. The van der Waals surface area contributed by atoms with Crippen LogP contribution in [0.15, 0.2) is 46.7 Å². The number of piperazine rings is 1. The van der Waals surface area contributed by atoms with Gasteiger partial charge < -0.3 is 4.90 Å². The first-order valence-corrected chi connectivity index (χ1v) is 12.8. The summed E-state index contributed by atoms with van der Waals surface area (Å²) in [6, 6.07) is 7.81. The van der Waals surface area contributed by atoms with Crippen molar-refractivity contribution in [2.24, 2.45) is 0 Å². The van der Waals surface area contributed by atoms with Gasteiger partial charge in [-0.15, -0.1) is 11.3 Å². The first-order valence-electron chi connectivity index (χ1n) is 9.72. The highest BCUT2D eigenvalue weighted by Gasteiger charge is 2.31. The summed E-state index contributed by atoms with van der Waals surface area (Å²) in [5.41, 5.74) is 1.02. The van der Waals surface area contributed by atoms with Gasteiger partial charge in [-0.25, -0.2) is 17.8 Å². The number of benzene rings is 2. The van der Waals surface area contributed by atoms with Crippen molar-refractivity contribution in [2.75, 3.05) is 31.1 Å². The Morgan fingerprint density at radius 2 is 1.85 bits per heavy atom. The molecule has 0 N–H and O–H groups in total. The van der Waals surface area contributed by atoms with Gasteiger partial charge in [0.05, 0.1) is 15.5 Å². The average Bonchev–Trinajstić information content (AvgIpc) is 3.21. The van der Waals surface area contributed by atoms with Crippen molar-refractivity contribution < 1.29 is 17.7 Å². The zero-order valence-corrected chi connectivity index (χ0v) is 20.1. The first kappa shape index (κ1) is 23.8. The van der Waals surface area contributed by atoms with E-state index in [2.05, 4.69) is 4.98 Å². The maximum Gasteiger partial charge on any atom is 0.289 e. The van der Waals surface area contributed by atoms with Crippen molar-refractivity contribution in [1.82, 2.24) is 9.29 Å². The number of rotatable bonds is 6. The van der Waals surface area contributed by atoms with Gasteiger partial charge in [0.1, 0.15) is 10.8 Å². The fraction of sp³-hybridized carbons (Fsp3) is 0.250. The summed E-state index contributed by atoms with van der Waals surface area (Å²) >= 11 is 13.1. The van der Waals surface area contributed by atoms with Crippen LogP contribution < -0.4 is 4.90 Å². The molecule has 0 spiro atoms. The minimum absolute atomic E-state index is 0.121. The molecule has 0 amide bonds. The second-order valence-electron chi connectivity index (χ2n) is 7.34. The number of hydrogen-bond acceptors (Lipinski definition) is 7. The van der Waals surface area contributed by atoms with Crippen LogP contribution in [0.3, 0.4) is 0 Å². The summed E-state index contributed by atoms with van der Waals surface area (Å²) in [5, 5.41) is 13.9. The van der Waals surface area contributed by atoms with Crippen LogP contribution >= 0.6 is 34.5 Å². The fourth-order valence-electron chi connectivity index (χ4n) is 3.51. The van der Waals surface area contributed by atoms with Gasteiger partial charge >= 0.3 is 0 Å². The minimum Gasteiger partial charge on any atom is -0.345 e. The molecule has 0 aliphatic carbocycles. The van der Waals surface area contributed by atoms with Crippen LogP contribution in [0.2, 0.25) is 10.0 Å². The summed E-state index contributed by atoms with van der Waals surface area (Å²) in [4.78, 5) is 16.8. The number of anilines is 1. The van der Waals surface area contributed by atoms with Gasteiger partial charge in [-0.1, -0.05) is 23.2 Å². The summed E-state index contributed by atoms with van der Waals surface area (Å²) in [6.07, 6.45) is 0.428. The van der Waals surface area contributed by atoms with Crippen LogP contribution in [0.4, 0.5) is 15.2 Å². The van der Waals surface area contributed by atoms with Crippen LogP contribution in [0.1, 0.15) is 11.3 Å². The van der Waals surface area contributed by atoms with Gasteiger partial charge in [0, 0.05) is 49.1 Å². The van der Waals surface area contributed by atoms with Crippen molar-refractivity contribution >= 4 is 55.4 Å². The smallest absolute Gasteiger partial charge is 0.289 e. The molecule has 1 fully saturated rings. The van der Waals surface area contributed by atoms with E-state index in [1.54, 1.807) is 6.07 Å². The third kappa shape index (κ3) is 5.28. The van der Waals surface area contributed by atoms with Crippen LogP contribution in [0.25, 0.3) is 0 Å². The molecule has 3 aromatic rings. The highest BCUT2D eigenvalue weighted by Crippen LogP contribution is 2.30. The lowest BCUT2D eigenvalue weighted by molar-refractivity contribution is -0.384. The van der Waals surface area contributed by atoms with Crippen LogP contribution in [0, 0.1) is 15.9 Å². The molecular formula is C20H17Cl2FN4O4S2. The Bertz CT molecular complexity index is 1290. The molecule has 174 valence electrons. The Balaban J connectivity index is 1.43. The molecule has 8 nitrogen and oxygen atoms in total. The van der Waals surface area contributed by atoms with Crippen molar-refractivity contribution in [2.45, 2.75) is 11.3 Å².